The smallest absolute Gasteiger partial charge is 0.329 e. The van der Waals surface area contributed by atoms with Crippen LogP contribution in [0.5, 0.6) is 0 Å². The van der Waals surface area contributed by atoms with Gasteiger partial charge in [0.2, 0.25) is 0 Å². The first-order valence-electron chi connectivity index (χ1n) is 10.2. The predicted molar refractivity (Wildman–Crippen MR) is 104 cm³/mol. The van der Waals surface area contributed by atoms with Crippen LogP contribution >= 0.6 is 7.82 Å². The topological polar surface area (TPSA) is 55.8 Å². The Morgan fingerprint density at radius 3 is 1.76 bits per heavy atom. The highest BCUT2D eigenvalue weighted by Gasteiger charge is 2.23. The van der Waals surface area contributed by atoms with Crippen LogP contribution in [-0.2, 0) is 13.6 Å². The molecule has 1 rings (SSSR count). The zero-order valence-electron chi connectivity index (χ0n) is 16.8. The molecule has 0 aromatic carbocycles. The lowest BCUT2D eigenvalue weighted by atomic mass is 9.91. The van der Waals surface area contributed by atoms with Gasteiger partial charge in [0.1, 0.15) is 13.2 Å². The van der Waals surface area contributed by atoms with Gasteiger partial charge in [-0.25, -0.2) is 4.57 Å². The third-order valence-electron chi connectivity index (χ3n) is 5.02. The van der Waals surface area contributed by atoms with E-state index in [1.54, 1.807) is 0 Å². The van der Waals surface area contributed by atoms with E-state index in [1.807, 2.05) is 21.1 Å². The van der Waals surface area contributed by atoms with Crippen molar-refractivity contribution in [2.75, 3.05) is 40.9 Å². The van der Waals surface area contributed by atoms with Crippen LogP contribution in [0.2, 0.25) is 0 Å². The van der Waals surface area contributed by atoms with E-state index in [4.69, 9.17) is 9.05 Å². The quantitative estimate of drug-likeness (QED) is 0.469. The van der Waals surface area contributed by atoms with Gasteiger partial charge in [-0.15, -0.1) is 0 Å². The summed E-state index contributed by atoms with van der Waals surface area (Å²) in [7, 11) is 2.17. The van der Waals surface area contributed by atoms with E-state index in [0.29, 0.717) is 23.6 Å². The molecule has 0 aliphatic heterocycles. The number of phosphoric ester groups is 1. The second kappa shape index (κ2) is 12.5. The standard InChI is InChI=1S/C19H40NO4P/c1-20(2,3)16-18-24-25(21,22)23-17-15-19-13-11-9-7-5-4-6-8-10-12-14-19/h19H,4-18H2,1-3H3/p+1. The molecule has 1 N–H and O–H groups in total. The predicted octanol–water partition coefficient (Wildman–Crippen LogP) is 5.14. The third kappa shape index (κ3) is 13.9. The van der Waals surface area contributed by atoms with Crippen LogP contribution in [0.1, 0.15) is 77.0 Å². The molecule has 5 nitrogen and oxygen atoms in total. The minimum Gasteiger partial charge on any atom is -0.329 e. The Morgan fingerprint density at radius 2 is 1.28 bits per heavy atom. The second-order valence-corrected chi connectivity index (χ2v) is 10.0. The highest BCUT2D eigenvalue weighted by Crippen LogP contribution is 2.43. The molecule has 25 heavy (non-hydrogen) atoms. The Morgan fingerprint density at radius 1 is 0.840 bits per heavy atom. The number of hydrogen-bond acceptors (Lipinski definition) is 3. The Labute approximate surface area is 155 Å². The van der Waals surface area contributed by atoms with Crippen LogP contribution in [0.15, 0.2) is 0 Å². The summed E-state index contributed by atoms with van der Waals surface area (Å²) in [6.45, 7) is 1.24. The first-order valence-corrected chi connectivity index (χ1v) is 11.7. The van der Waals surface area contributed by atoms with Gasteiger partial charge >= 0.3 is 7.82 Å². The summed E-state index contributed by atoms with van der Waals surface area (Å²) < 4.78 is 22.9. The molecular formula is C19H41NO4P+. The first-order chi connectivity index (χ1) is 11.8. The number of hydrogen-bond donors (Lipinski definition) is 1. The first kappa shape index (κ1) is 23.1. The molecule has 1 aliphatic carbocycles. The molecular weight excluding hydrogens is 337 g/mol. The largest absolute Gasteiger partial charge is 0.472 e. The zero-order chi connectivity index (χ0) is 18.6. The minimum atomic E-state index is -3.90. The van der Waals surface area contributed by atoms with E-state index >= 15 is 0 Å². The maximum Gasteiger partial charge on any atom is 0.472 e. The number of rotatable bonds is 8. The number of nitrogens with zero attached hydrogens (tertiary/aromatic N) is 1. The van der Waals surface area contributed by atoms with Crippen LogP contribution < -0.4 is 0 Å². The monoisotopic (exact) mass is 378 g/mol. The van der Waals surface area contributed by atoms with Crippen LogP contribution in [0.3, 0.4) is 0 Å². The highest BCUT2D eigenvalue weighted by atomic mass is 31.2. The van der Waals surface area contributed by atoms with E-state index in [2.05, 4.69) is 0 Å². The molecule has 0 amide bonds. The molecule has 0 bridgehead atoms. The number of quaternary nitrogens is 1. The fourth-order valence-electron chi connectivity index (χ4n) is 3.34. The molecule has 0 spiro atoms. The molecule has 1 fully saturated rings. The van der Waals surface area contributed by atoms with E-state index in [1.165, 1.54) is 70.6 Å². The lowest BCUT2D eigenvalue weighted by Crippen LogP contribution is -2.37. The van der Waals surface area contributed by atoms with Crippen molar-refractivity contribution in [3.63, 3.8) is 0 Å². The van der Waals surface area contributed by atoms with Crippen molar-refractivity contribution in [2.24, 2.45) is 5.92 Å². The minimum absolute atomic E-state index is 0.237. The maximum absolute atomic E-state index is 12.0. The average Bonchev–Trinajstić information content (AvgIpc) is 2.48. The van der Waals surface area contributed by atoms with E-state index in [-0.39, 0.29) is 6.61 Å². The van der Waals surface area contributed by atoms with E-state index < -0.39 is 7.82 Å². The summed E-state index contributed by atoms with van der Waals surface area (Å²) in [5.41, 5.74) is 0. The summed E-state index contributed by atoms with van der Waals surface area (Å²) in [4.78, 5) is 9.80. The Bertz CT molecular complexity index is 372. The van der Waals surface area contributed by atoms with Crippen molar-refractivity contribution in [1.82, 2.24) is 0 Å². The lowest BCUT2D eigenvalue weighted by molar-refractivity contribution is -0.870. The van der Waals surface area contributed by atoms with E-state index in [9.17, 15) is 9.46 Å². The SMILES string of the molecule is C[N+](C)(C)CCOP(=O)(O)OCCC1CCCCCCCCCCC1. The Hall–Kier alpha value is 0.0700. The van der Waals surface area contributed by atoms with Gasteiger partial charge in [-0.3, -0.25) is 9.05 Å². The van der Waals surface area contributed by atoms with Crippen LogP contribution in [0, 0.1) is 5.92 Å². The summed E-state index contributed by atoms with van der Waals surface area (Å²) in [6.07, 6.45) is 15.4. The summed E-state index contributed by atoms with van der Waals surface area (Å²) >= 11 is 0. The Kier molecular flexibility index (Phi) is 11.5. The van der Waals surface area contributed by atoms with E-state index in [0.717, 1.165) is 6.42 Å². The molecule has 0 saturated heterocycles. The maximum atomic E-state index is 12.0. The van der Waals surface area contributed by atoms with Crippen molar-refractivity contribution < 1.29 is 23.0 Å². The van der Waals surface area contributed by atoms with Crippen molar-refractivity contribution in [3.05, 3.63) is 0 Å². The van der Waals surface area contributed by atoms with Crippen molar-refractivity contribution in [3.8, 4) is 0 Å². The molecule has 1 unspecified atom stereocenters. The fraction of sp³-hybridized carbons (Fsp3) is 1.00. The molecule has 6 heteroatoms. The van der Waals surface area contributed by atoms with Crippen LogP contribution in [0.25, 0.3) is 0 Å². The zero-order valence-corrected chi connectivity index (χ0v) is 17.6. The van der Waals surface area contributed by atoms with Crippen molar-refractivity contribution in [1.29, 1.82) is 0 Å². The van der Waals surface area contributed by atoms with Gasteiger partial charge in [0, 0.05) is 0 Å². The molecule has 0 aromatic heterocycles. The summed E-state index contributed by atoms with van der Waals surface area (Å²) in [6, 6.07) is 0. The highest BCUT2D eigenvalue weighted by molar-refractivity contribution is 7.47. The molecule has 0 radical (unpaired) electrons. The third-order valence-corrected chi connectivity index (χ3v) is 6.04. The molecule has 1 saturated carbocycles. The molecule has 1 aliphatic rings. The van der Waals surface area contributed by atoms with Crippen molar-refractivity contribution in [2.45, 2.75) is 77.0 Å². The fourth-order valence-corrected chi connectivity index (χ4v) is 4.06. The van der Waals surface area contributed by atoms with Gasteiger partial charge in [-0.05, 0) is 12.3 Å². The van der Waals surface area contributed by atoms with Crippen LogP contribution in [0.4, 0.5) is 0 Å². The molecule has 0 aromatic rings. The molecule has 0 heterocycles. The number of likely N-dealkylation sites (N-methyl/N-ethyl adjacent to an activating group) is 1. The van der Waals surface area contributed by atoms with Gasteiger partial charge in [-0.1, -0.05) is 70.6 Å². The van der Waals surface area contributed by atoms with Gasteiger partial charge in [0.05, 0.1) is 27.7 Å². The van der Waals surface area contributed by atoms with Crippen LogP contribution in [-0.4, -0.2) is 50.3 Å². The number of phosphoric acid groups is 1. The van der Waals surface area contributed by atoms with Gasteiger partial charge in [-0.2, -0.15) is 0 Å². The summed E-state index contributed by atoms with van der Waals surface area (Å²) in [5, 5.41) is 0. The second-order valence-electron chi connectivity index (χ2n) is 8.56. The lowest BCUT2D eigenvalue weighted by Gasteiger charge is -2.24. The molecule has 1 atom stereocenters. The normalized spacial score (nSPS) is 21.9. The van der Waals surface area contributed by atoms with Gasteiger partial charge < -0.3 is 9.38 Å². The Balaban J connectivity index is 2.26. The summed E-state index contributed by atoms with van der Waals surface area (Å²) in [5.74, 6) is 0.616. The average molecular weight is 379 g/mol. The van der Waals surface area contributed by atoms with Crippen molar-refractivity contribution >= 4 is 7.82 Å². The van der Waals surface area contributed by atoms with Gasteiger partial charge in [0.25, 0.3) is 0 Å². The molecule has 150 valence electrons. The van der Waals surface area contributed by atoms with Gasteiger partial charge in [0.15, 0.2) is 0 Å².